The molecule has 150 valence electrons. The maximum absolute atomic E-state index is 12.2. The summed E-state index contributed by atoms with van der Waals surface area (Å²) in [7, 11) is -3.89. The van der Waals surface area contributed by atoms with Crippen LogP contribution in [0.5, 0.6) is 5.75 Å². The molecule has 3 N–H and O–H groups in total. The van der Waals surface area contributed by atoms with E-state index in [1.165, 1.54) is 31.2 Å². The molecule has 9 heteroatoms. The third kappa shape index (κ3) is 6.07. The van der Waals surface area contributed by atoms with Gasteiger partial charge in [-0.05, 0) is 56.2 Å². The molecule has 2 rings (SSSR count). The Morgan fingerprint density at radius 2 is 1.86 bits per heavy atom. The first kappa shape index (κ1) is 21.4. The standard InChI is InChI=1S/C19H22N2O6S/c1-12-7-8-13(2)17(9-12)26-11-18(22)27-14(3)19(23)21-15-5-4-6-16(10-15)28(20,24)25/h4-10,14H,11H2,1-3H3,(H,21,23)(H2,20,24,25). The van der Waals surface area contributed by atoms with Crippen LogP contribution in [-0.4, -0.2) is 33.0 Å². The number of sulfonamides is 1. The molecule has 0 fully saturated rings. The number of esters is 1. The van der Waals surface area contributed by atoms with Gasteiger partial charge in [-0.25, -0.2) is 18.4 Å². The quantitative estimate of drug-likeness (QED) is 0.677. The van der Waals surface area contributed by atoms with E-state index >= 15 is 0 Å². The lowest BCUT2D eigenvalue weighted by atomic mass is 10.1. The van der Waals surface area contributed by atoms with Crippen LogP contribution in [0.3, 0.4) is 0 Å². The molecule has 0 aliphatic heterocycles. The number of ether oxygens (including phenoxy) is 2. The molecule has 28 heavy (non-hydrogen) atoms. The molecule has 0 spiro atoms. The van der Waals surface area contributed by atoms with Gasteiger partial charge in [-0.3, -0.25) is 4.79 Å². The second kappa shape index (κ2) is 8.85. The first-order valence-corrected chi connectivity index (χ1v) is 9.94. The van der Waals surface area contributed by atoms with Crippen LogP contribution in [0.2, 0.25) is 0 Å². The van der Waals surface area contributed by atoms with E-state index in [1.54, 1.807) is 6.07 Å². The van der Waals surface area contributed by atoms with Crippen LogP contribution >= 0.6 is 0 Å². The van der Waals surface area contributed by atoms with Crippen LogP contribution in [0, 0.1) is 13.8 Å². The fourth-order valence-electron chi connectivity index (χ4n) is 2.28. The zero-order valence-electron chi connectivity index (χ0n) is 15.8. The molecule has 0 bridgehead atoms. The number of carbonyl (C=O) groups is 2. The van der Waals surface area contributed by atoms with Gasteiger partial charge in [-0.15, -0.1) is 0 Å². The minimum atomic E-state index is -3.89. The van der Waals surface area contributed by atoms with Crippen LogP contribution < -0.4 is 15.2 Å². The number of benzene rings is 2. The lowest BCUT2D eigenvalue weighted by Crippen LogP contribution is -2.31. The number of rotatable bonds is 7. The molecule has 0 aliphatic rings. The normalized spacial score (nSPS) is 12.1. The molecule has 1 atom stereocenters. The summed E-state index contributed by atoms with van der Waals surface area (Å²) in [4.78, 5) is 24.0. The zero-order chi connectivity index (χ0) is 20.9. The lowest BCUT2D eigenvalue weighted by Gasteiger charge is -2.15. The summed E-state index contributed by atoms with van der Waals surface area (Å²) in [5.74, 6) is -0.762. The largest absolute Gasteiger partial charge is 0.482 e. The third-order valence-electron chi connectivity index (χ3n) is 3.80. The van der Waals surface area contributed by atoms with Gasteiger partial charge in [-0.1, -0.05) is 18.2 Å². The van der Waals surface area contributed by atoms with Gasteiger partial charge in [0.1, 0.15) is 5.75 Å². The predicted octanol–water partition coefficient (Wildman–Crippen LogP) is 1.90. The SMILES string of the molecule is Cc1ccc(C)c(OCC(=O)OC(C)C(=O)Nc2cccc(S(N)(=O)=O)c2)c1. The number of carbonyl (C=O) groups excluding carboxylic acids is 2. The van der Waals surface area contributed by atoms with Crippen LogP contribution in [0.1, 0.15) is 18.1 Å². The molecule has 2 aromatic rings. The molecule has 1 unspecified atom stereocenters. The van der Waals surface area contributed by atoms with E-state index in [1.807, 2.05) is 26.0 Å². The number of aryl methyl sites for hydroxylation is 2. The Hall–Kier alpha value is -2.91. The Balaban J connectivity index is 1.91. The summed E-state index contributed by atoms with van der Waals surface area (Å²) in [6, 6.07) is 11.1. The highest BCUT2D eigenvalue weighted by molar-refractivity contribution is 7.89. The molecule has 1 amide bonds. The number of amides is 1. The average Bonchev–Trinajstić information content (AvgIpc) is 2.62. The Morgan fingerprint density at radius 1 is 1.14 bits per heavy atom. The maximum Gasteiger partial charge on any atom is 0.344 e. The van der Waals surface area contributed by atoms with E-state index in [-0.39, 0.29) is 17.2 Å². The number of hydrogen-bond acceptors (Lipinski definition) is 6. The summed E-state index contributed by atoms with van der Waals surface area (Å²) >= 11 is 0. The number of nitrogens with one attached hydrogen (secondary N) is 1. The monoisotopic (exact) mass is 406 g/mol. The second-order valence-electron chi connectivity index (χ2n) is 6.25. The molecule has 0 aromatic heterocycles. The number of nitrogens with two attached hydrogens (primary N) is 1. The van der Waals surface area contributed by atoms with Crippen molar-refractivity contribution in [3.8, 4) is 5.75 Å². The molecule has 0 radical (unpaired) electrons. The van der Waals surface area contributed by atoms with E-state index in [9.17, 15) is 18.0 Å². The number of anilines is 1. The minimum absolute atomic E-state index is 0.142. The fourth-order valence-corrected chi connectivity index (χ4v) is 2.84. The Kier molecular flexibility index (Phi) is 6.76. The molecule has 0 aliphatic carbocycles. The van der Waals surface area contributed by atoms with E-state index < -0.39 is 28.0 Å². The molecule has 2 aromatic carbocycles. The van der Waals surface area contributed by atoms with Crippen molar-refractivity contribution in [3.63, 3.8) is 0 Å². The summed E-state index contributed by atoms with van der Waals surface area (Å²) in [6.45, 7) is 4.81. The second-order valence-corrected chi connectivity index (χ2v) is 7.81. The van der Waals surface area contributed by atoms with Gasteiger partial charge in [0.25, 0.3) is 5.91 Å². The van der Waals surface area contributed by atoms with Gasteiger partial charge in [-0.2, -0.15) is 0 Å². The summed E-state index contributed by atoms with van der Waals surface area (Å²) in [5.41, 5.74) is 2.08. The maximum atomic E-state index is 12.2. The van der Waals surface area contributed by atoms with Crippen molar-refractivity contribution in [3.05, 3.63) is 53.6 Å². The highest BCUT2D eigenvalue weighted by atomic mass is 32.2. The van der Waals surface area contributed by atoms with Crippen LogP contribution in [0.15, 0.2) is 47.4 Å². The molecular formula is C19H22N2O6S. The predicted molar refractivity (Wildman–Crippen MR) is 103 cm³/mol. The Morgan fingerprint density at radius 3 is 2.54 bits per heavy atom. The zero-order valence-corrected chi connectivity index (χ0v) is 16.6. The van der Waals surface area contributed by atoms with Gasteiger partial charge in [0.05, 0.1) is 4.90 Å². The lowest BCUT2D eigenvalue weighted by molar-refractivity contribution is -0.155. The van der Waals surface area contributed by atoms with Crippen molar-refractivity contribution in [2.75, 3.05) is 11.9 Å². The van der Waals surface area contributed by atoms with Crippen LogP contribution in [-0.2, 0) is 24.3 Å². The van der Waals surface area contributed by atoms with Crippen LogP contribution in [0.4, 0.5) is 5.69 Å². The summed E-state index contributed by atoms with van der Waals surface area (Å²) in [6.07, 6.45) is -1.10. The first-order chi connectivity index (χ1) is 13.1. The van der Waals surface area contributed by atoms with Crippen molar-refractivity contribution in [2.45, 2.75) is 31.8 Å². The molecule has 0 saturated carbocycles. The smallest absolute Gasteiger partial charge is 0.344 e. The third-order valence-corrected chi connectivity index (χ3v) is 4.71. The summed E-state index contributed by atoms with van der Waals surface area (Å²) < 4.78 is 33.2. The number of primary sulfonamides is 1. The van der Waals surface area contributed by atoms with Crippen molar-refractivity contribution in [1.82, 2.24) is 0 Å². The van der Waals surface area contributed by atoms with Gasteiger partial charge in [0.2, 0.25) is 10.0 Å². The van der Waals surface area contributed by atoms with Gasteiger partial charge in [0, 0.05) is 5.69 Å². The number of hydrogen-bond donors (Lipinski definition) is 2. The highest BCUT2D eigenvalue weighted by Gasteiger charge is 2.19. The molecule has 8 nitrogen and oxygen atoms in total. The summed E-state index contributed by atoms with van der Waals surface area (Å²) in [5, 5.41) is 7.53. The van der Waals surface area contributed by atoms with Crippen molar-refractivity contribution < 1.29 is 27.5 Å². The highest BCUT2D eigenvalue weighted by Crippen LogP contribution is 2.19. The van der Waals surface area contributed by atoms with E-state index in [0.717, 1.165) is 11.1 Å². The van der Waals surface area contributed by atoms with E-state index in [4.69, 9.17) is 14.6 Å². The van der Waals surface area contributed by atoms with Crippen LogP contribution in [0.25, 0.3) is 0 Å². The van der Waals surface area contributed by atoms with Crippen molar-refractivity contribution in [2.24, 2.45) is 5.14 Å². The Labute approximate surface area is 163 Å². The van der Waals surface area contributed by atoms with Crippen molar-refractivity contribution >= 4 is 27.6 Å². The molecular weight excluding hydrogens is 384 g/mol. The van der Waals surface area contributed by atoms with Gasteiger partial charge in [0.15, 0.2) is 12.7 Å². The minimum Gasteiger partial charge on any atom is -0.482 e. The molecule has 0 saturated heterocycles. The van der Waals surface area contributed by atoms with E-state index in [2.05, 4.69) is 5.32 Å². The topological polar surface area (TPSA) is 125 Å². The van der Waals surface area contributed by atoms with Gasteiger partial charge >= 0.3 is 5.97 Å². The first-order valence-electron chi connectivity index (χ1n) is 8.39. The van der Waals surface area contributed by atoms with Crippen molar-refractivity contribution in [1.29, 1.82) is 0 Å². The van der Waals surface area contributed by atoms with E-state index in [0.29, 0.717) is 5.75 Å². The molecule has 0 heterocycles. The average molecular weight is 406 g/mol. The fraction of sp³-hybridized carbons (Fsp3) is 0.263. The Bertz CT molecular complexity index is 988. The van der Waals surface area contributed by atoms with Gasteiger partial charge < -0.3 is 14.8 Å².